The molecular formula is C19H24ClN3O3. The molecule has 0 saturated carbocycles. The van der Waals surface area contributed by atoms with Crippen molar-refractivity contribution >= 4 is 24.2 Å². The average Bonchev–Trinajstić information content (AvgIpc) is 2.65. The number of hydrogen-bond acceptors (Lipinski definition) is 4. The summed E-state index contributed by atoms with van der Waals surface area (Å²) < 4.78 is 5.09. The maximum absolute atomic E-state index is 12.0. The van der Waals surface area contributed by atoms with Gasteiger partial charge in [0.05, 0.1) is 13.2 Å². The molecule has 0 bridgehead atoms. The fraction of sp³-hybridized carbons (Fsp3) is 0.263. The number of carbonyl (C=O) groups is 2. The quantitative estimate of drug-likeness (QED) is 0.608. The molecule has 7 heteroatoms. The highest BCUT2D eigenvalue weighted by atomic mass is 35.5. The molecule has 2 aromatic carbocycles. The summed E-state index contributed by atoms with van der Waals surface area (Å²) >= 11 is 0. The topological polar surface area (TPSA) is 93.5 Å². The van der Waals surface area contributed by atoms with E-state index in [0.717, 1.165) is 5.56 Å². The highest BCUT2D eigenvalue weighted by Gasteiger charge is 2.13. The Hall–Kier alpha value is -2.57. The first-order chi connectivity index (χ1) is 12.1. The lowest BCUT2D eigenvalue weighted by atomic mass is 10.1. The number of nitrogens with one attached hydrogen (secondary N) is 2. The fourth-order valence-electron chi connectivity index (χ4n) is 2.32. The van der Waals surface area contributed by atoms with Gasteiger partial charge in [-0.25, -0.2) is 0 Å². The molecule has 0 aliphatic carbocycles. The molecular weight excluding hydrogens is 354 g/mol. The van der Waals surface area contributed by atoms with Crippen LogP contribution in [-0.4, -0.2) is 38.1 Å². The van der Waals surface area contributed by atoms with Crippen molar-refractivity contribution < 1.29 is 14.3 Å². The van der Waals surface area contributed by atoms with Gasteiger partial charge in [0, 0.05) is 18.7 Å². The van der Waals surface area contributed by atoms with Crippen LogP contribution in [0.25, 0.3) is 0 Å². The van der Waals surface area contributed by atoms with E-state index in [9.17, 15) is 9.59 Å². The van der Waals surface area contributed by atoms with E-state index in [4.69, 9.17) is 10.5 Å². The van der Waals surface area contributed by atoms with Gasteiger partial charge in [-0.15, -0.1) is 12.4 Å². The minimum Gasteiger partial charge on any atom is -0.497 e. The molecule has 0 aromatic heterocycles. The predicted octanol–water partition coefficient (Wildman–Crippen LogP) is 1.53. The summed E-state index contributed by atoms with van der Waals surface area (Å²) in [5, 5.41) is 5.47. The van der Waals surface area contributed by atoms with Crippen LogP contribution in [0.2, 0.25) is 0 Å². The second-order valence-corrected chi connectivity index (χ2v) is 5.58. The van der Waals surface area contributed by atoms with Crippen LogP contribution in [-0.2, 0) is 11.2 Å². The van der Waals surface area contributed by atoms with Crippen LogP contribution in [0, 0.1) is 0 Å². The summed E-state index contributed by atoms with van der Waals surface area (Å²) in [7, 11) is 1.55. The molecule has 2 rings (SSSR count). The van der Waals surface area contributed by atoms with Gasteiger partial charge in [0.2, 0.25) is 5.91 Å². The number of nitrogens with two attached hydrogens (primary N) is 1. The standard InChI is InChI=1S/C19H23N3O3.ClH/c1-25-16-9-5-8-15(13-16)18(23)21-10-11-22-19(24)17(20)12-14-6-3-2-4-7-14;/h2-9,13,17H,10-12,20H2,1H3,(H,21,23)(H,22,24);1H/t17-;/m0./s1. The minimum atomic E-state index is -0.614. The summed E-state index contributed by atoms with van der Waals surface area (Å²) in [6, 6.07) is 15.9. The van der Waals surface area contributed by atoms with E-state index in [1.54, 1.807) is 31.4 Å². The molecule has 0 spiro atoms. The first-order valence-corrected chi connectivity index (χ1v) is 8.09. The third kappa shape index (κ3) is 6.74. The zero-order chi connectivity index (χ0) is 18.1. The van der Waals surface area contributed by atoms with Gasteiger partial charge in [-0.05, 0) is 30.2 Å². The normalized spacial score (nSPS) is 11.0. The van der Waals surface area contributed by atoms with Crippen molar-refractivity contribution in [2.24, 2.45) is 5.73 Å². The van der Waals surface area contributed by atoms with Crippen molar-refractivity contribution in [3.63, 3.8) is 0 Å². The summed E-state index contributed by atoms with van der Waals surface area (Å²) in [4.78, 5) is 24.0. The molecule has 4 N–H and O–H groups in total. The van der Waals surface area contributed by atoms with Gasteiger partial charge in [-0.2, -0.15) is 0 Å². The Kier molecular flexibility index (Phi) is 9.19. The Labute approximate surface area is 159 Å². The zero-order valence-corrected chi connectivity index (χ0v) is 15.4. The van der Waals surface area contributed by atoms with E-state index in [1.807, 2.05) is 30.3 Å². The van der Waals surface area contributed by atoms with Gasteiger partial charge in [-0.1, -0.05) is 36.4 Å². The Morgan fingerprint density at radius 2 is 1.73 bits per heavy atom. The molecule has 2 aromatic rings. The highest BCUT2D eigenvalue weighted by Crippen LogP contribution is 2.12. The molecule has 2 amide bonds. The Morgan fingerprint density at radius 3 is 2.42 bits per heavy atom. The second kappa shape index (κ2) is 11.1. The molecule has 6 nitrogen and oxygen atoms in total. The lowest BCUT2D eigenvalue weighted by molar-refractivity contribution is -0.122. The van der Waals surface area contributed by atoms with Crippen molar-refractivity contribution in [3.05, 3.63) is 65.7 Å². The van der Waals surface area contributed by atoms with Crippen LogP contribution in [0.4, 0.5) is 0 Å². The average molecular weight is 378 g/mol. The van der Waals surface area contributed by atoms with Gasteiger partial charge in [-0.3, -0.25) is 9.59 Å². The number of methoxy groups -OCH3 is 1. The second-order valence-electron chi connectivity index (χ2n) is 5.58. The van der Waals surface area contributed by atoms with Gasteiger partial charge >= 0.3 is 0 Å². The van der Waals surface area contributed by atoms with Crippen LogP contribution in [0.15, 0.2) is 54.6 Å². The smallest absolute Gasteiger partial charge is 0.251 e. The van der Waals surface area contributed by atoms with E-state index >= 15 is 0 Å². The summed E-state index contributed by atoms with van der Waals surface area (Å²) in [6.07, 6.45) is 0.475. The Morgan fingerprint density at radius 1 is 1.04 bits per heavy atom. The SMILES string of the molecule is COc1cccc(C(=O)NCCNC(=O)[C@@H](N)Cc2ccccc2)c1.Cl. The lowest BCUT2D eigenvalue weighted by Crippen LogP contribution is -2.44. The van der Waals surface area contributed by atoms with Gasteiger partial charge in [0.25, 0.3) is 5.91 Å². The predicted molar refractivity (Wildman–Crippen MR) is 104 cm³/mol. The van der Waals surface area contributed by atoms with Crippen molar-refractivity contribution in [1.29, 1.82) is 0 Å². The molecule has 0 aliphatic heterocycles. The molecule has 0 aliphatic rings. The molecule has 0 heterocycles. The van der Waals surface area contributed by atoms with Crippen molar-refractivity contribution in [1.82, 2.24) is 10.6 Å². The van der Waals surface area contributed by atoms with Crippen LogP contribution in [0.3, 0.4) is 0 Å². The molecule has 0 unspecified atom stereocenters. The monoisotopic (exact) mass is 377 g/mol. The number of rotatable bonds is 8. The van der Waals surface area contributed by atoms with E-state index in [2.05, 4.69) is 10.6 Å². The first-order valence-electron chi connectivity index (χ1n) is 8.09. The number of halogens is 1. The van der Waals surface area contributed by atoms with E-state index in [-0.39, 0.29) is 24.2 Å². The van der Waals surface area contributed by atoms with Crippen LogP contribution >= 0.6 is 12.4 Å². The summed E-state index contributed by atoms with van der Waals surface area (Å²) in [5.41, 5.74) is 7.42. The van der Waals surface area contributed by atoms with Crippen LogP contribution in [0.5, 0.6) is 5.75 Å². The first kappa shape index (κ1) is 21.5. The number of amides is 2. The molecule has 0 radical (unpaired) electrons. The Bertz CT molecular complexity index is 710. The summed E-state index contributed by atoms with van der Waals surface area (Å²) in [6.45, 7) is 0.636. The zero-order valence-electron chi connectivity index (χ0n) is 14.6. The van der Waals surface area contributed by atoms with Gasteiger partial charge in [0.1, 0.15) is 5.75 Å². The van der Waals surface area contributed by atoms with E-state index < -0.39 is 6.04 Å². The third-order valence-corrected chi connectivity index (χ3v) is 3.68. The summed E-state index contributed by atoms with van der Waals surface area (Å²) in [5.74, 6) is 0.161. The molecule has 0 saturated heterocycles. The molecule has 140 valence electrons. The maximum atomic E-state index is 12.0. The van der Waals surface area contributed by atoms with Crippen molar-refractivity contribution in [2.45, 2.75) is 12.5 Å². The van der Waals surface area contributed by atoms with Crippen LogP contribution < -0.4 is 21.1 Å². The highest BCUT2D eigenvalue weighted by molar-refractivity contribution is 5.94. The van der Waals surface area contributed by atoms with E-state index in [1.165, 1.54) is 0 Å². The van der Waals surface area contributed by atoms with Crippen molar-refractivity contribution in [2.75, 3.05) is 20.2 Å². The number of benzene rings is 2. The van der Waals surface area contributed by atoms with Crippen molar-refractivity contribution in [3.8, 4) is 5.75 Å². The third-order valence-electron chi connectivity index (χ3n) is 3.68. The number of hydrogen-bond donors (Lipinski definition) is 3. The molecule has 0 fully saturated rings. The van der Waals surface area contributed by atoms with Gasteiger partial charge < -0.3 is 21.1 Å². The number of carbonyl (C=O) groups excluding carboxylic acids is 2. The van der Waals surface area contributed by atoms with Gasteiger partial charge in [0.15, 0.2) is 0 Å². The maximum Gasteiger partial charge on any atom is 0.251 e. The number of ether oxygens (including phenoxy) is 1. The molecule has 26 heavy (non-hydrogen) atoms. The van der Waals surface area contributed by atoms with Crippen LogP contribution in [0.1, 0.15) is 15.9 Å². The van der Waals surface area contributed by atoms with E-state index in [0.29, 0.717) is 30.8 Å². The lowest BCUT2D eigenvalue weighted by Gasteiger charge is -2.13. The minimum absolute atomic E-state index is 0. The largest absolute Gasteiger partial charge is 0.497 e. The molecule has 1 atom stereocenters. The Balaban J connectivity index is 0.00000338. The fourth-order valence-corrected chi connectivity index (χ4v) is 2.32.